The minimum Gasteiger partial charge on any atom is -0.347 e. The van der Waals surface area contributed by atoms with E-state index < -0.39 is 0 Å². The Balaban J connectivity index is 2.11. The minimum atomic E-state index is -0.0173. The van der Waals surface area contributed by atoms with Gasteiger partial charge in [0.1, 0.15) is 0 Å². The van der Waals surface area contributed by atoms with E-state index in [2.05, 4.69) is 21.2 Å². The first kappa shape index (κ1) is 14.5. The summed E-state index contributed by atoms with van der Waals surface area (Å²) in [6, 6.07) is 0. The second kappa shape index (κ2) is 8.50. The highest BCUT2D eigenvalue weighted by atomic mass is 79.9. The number of rotatable bonds is 6. The number of unbranched alkanes of at least 4 members (excludes halogenated alkanes) is 1. The zero-order valence-corrected chi connectivity index (χ0v) is 11.8. The van der Waals surface area contributed by atoms with Gasteiger partial charge in [0.25, 0.3) is 0 Å². The quantitative estimate of drug-likeness (QED) is 0.599. The summed E-state index contributed by atoms with van der Waals surface area (Å²) >= 11 is 3.32. The number of halogens is 1. The summed E-state index contributed by atoms with van der Waals surface area (Å²) in [7, 11) is 0. The molecule has 0 aromatic carbocycles. The van der Waals surface area contributed by atoms with Gasteiger partial charge in [0, 0.05) is 24.8 Å². The molecule has 1 aliphatic heterocycles. The van der Waals surface area contributed by atoms with Crippen LogP contribution in [0.25, 0.3) is 0 Å². The van der Waals surface area contributed by atoms with Gasteiger partial charge >= 0.3 is 0 Å². The summed E-state index contributed by atoms with van der Waals surface area (Å²) in [4.78, 5) is 25.0. The molecule has 0 aliphatic carbocycles. The predicted octanol–water partition coefficient (Wildman–Crippen LogP) is 1.68. The number of alkyl halides is 1. The maximum absolute atomic E-state index is 11.7. The van der Waals surface area contributed by atoms with Gasteiger partial charge in [-0.1, -0.05) is 15.9 Å². The molecule has 1 fully saturated rings. The van der Waals surface area contributed by atoms with Gasteiger partial charge in [0.05, 0.1) is 6.54 Å². The maximum atomic E-state index is 11.7. The van der Waals surface area contributed by atoms with E-state index in [0.717, 1.165) is 44.1 Å². The molecule has 0 radical (unpaired) electrons. The molecule has 1 heterocycles. The number of amides is 2. The van der Waals surface area contributed by atoms with E-state index in [4.69, 9.17) is 0 Å². The lowest BCUT2D eigenvalue weighted by atomic mass is 10.1. The Hall–Kier alpha value is -0.580. The summed E-state index contributed by atoms with van der Waals surface area (Å²) in [5.41, 5.74) is 0. The second-order valence-electron chi connectivity index (χ2n) is 4.36. The Morgan fingerprint density at radius 3 is 2.47 bits per heavy atom. The number of nitrogens with one attached hydrogen (secondary N) is 1. The number of carbonyl (C=O) groups is 2. The van der Waals surface area contributed by atoms with Gasteiger partial charge in [-0.05, 0) is 32.1 Å². The summed E-state index contributed by atoms with van der Waals surface area (Å²) < 4.78 is 0. The lowest BCUT2D eigenvalue weighted by molar-refractivity contribution is -0.133. The van der Waals surface area contributed by atoms with E-state index >= 15 is 0 Å². The van der Waals surface area contributed by atoms with Crippen LogP contribution in [-0.2, 0) is 9.59 Å². The van der Waals surface area contributed by atoms with E-state index in [9.17, 15) is 9.59 Å². The number of carbonyl (C=O) groups excluding carboxylic acids is 2. The van der Waals surface area contributed by atoms with Gasteiger partial charge in [-0.25, -0.2) is 0 Å². The summed E-state index contributed by atoms with van der Waals surface area (Å²) in [6.45, 7) is 1.85. The molecule has 98 valence electrons. The molecule has 1 saturated heterocycles. The molecule has 5 heteroatoms. The van der Waals surface area contributed by atoms with Gasteiger partial charge in [-0.3, -0.25) is 9.59 Å². The smallest absolute Gasteiger partial charge is 0.241 e. The molecular weight excluding hydrogens is 284 g/mol. The van der Waals surface area contributed by atoms with Gasteiger partial charge in [0.2, 0.25) is 11.8 Å². The molecule has 17 heavy (non-hydrogen) atoms. The van der Waals surface area contributed by atoms with Gasteiger partial charge < -0.3 is 10.2 Å². The van der Waals surface area contributed by atoms with Crippen molar-refractivity contribution in [3.63, 3.8) is 0 Å². The Kier molecular flexibility index (Phi) is 7.24. The molecular formula is C12H21BrN2O2. The van der Waals surface area contributed by atoms with Crippen molar-refractivity contribution in [2.75, 3.05) is 25.0 Å². The van der Waals surface area contributed by atoms with Crippen molar-refractivity contribution >= 4 is 27.7 Å². The standard InChI is InChI=1S/C12H21BrN2O2/c13-7-3-2-6-11(16)14-10-12(17)15-8-4-1-5-9-15/h1-10H2,(H,14,16). The Bertz CT molecular complexity index is 253. The fourth-order valence-electron chi connectivity index (χ4n) is 1.90. The maximum Gasteiger partial charge on any atom is 0.241 e. The molecule has 0 atom stereocenters. The molecule has 0 saturated carbocycles. The number of likely N-dealkylation sites (tertiary alicyclic amines) is 1. The van der Waals surface area contributed by atoms with Crippen molar-refractivity contribution in [2.24, 2.45) is 0 Å². The van der Waals surface area contributed by atoms with Crippen LogP contribution in [0.3, 0.4) is 0 Å². The van der Waals surface area contributed by atoms with Crippen LogP contribution in [-0.4, -0.2) is 41.7 Å². The van der Waals surface area contributed by atoms with E-state index in [1.165, 1.54) is 6.42 Å². The SMILES string of the molecule is O=C(CCCCBr)NCC(=O)N1CCCCC1. The van der Waals surface area contributed by atoms with Gasteiger partial charge in [-0.2, -0.15) is 0 Å². The normalized spacial score (nSPS) is 15.7. The summed E-state index contributed by atoms with van der Waals surface area (Å²) in [5.74, 6) is 0.0369. The van der Waals surface area contributed by atoms with Crippen LogP contribution >= 0.6 is 15.9 Å². The third-order valence-electron chi connectivity index (χ3n) is 2.93. The van der Waals surface area contributed by atoms with Crippen LogP contribution in [0, 0.1) is 0 Å². The van der Waals surface area contributed by atoms with Crippen molar-refractivity contribution in [1.82, 2.24) is 10.2 Å². The Labute approximate surface area is 111 Å². The Morgan fingerprint density at radius 2 is 1.82 bits per heavy atom. The monoisotopic (exact) mass is 304 g/mol. The number of hydrogen-bond donors (Lipinski definition) is 1. The molecule has 0 bridgehead atoms. The number of hydrogen-bond acceptors (Lipinski definition) is 2. The van der Waals surface area contributed by atoms with E-state index in [1.807, 2.05) is 4.90 Å². The highest BCUT2D eigenvalue weighted by Gasteiger charge is 2.16. The fourth-order valence-corrected chi connectivity index (χ4v) is 2.29. The van der Waals surface area contributed by atoms with Crippen LogP contribution in [0.2, 0.25) is 0 Å². The van der Waals surface area contributed by atoms with E-state index in [0.29, 0.717) is 6.42 Å². The zero-order chi connectivity index (χ0) is 12.5. The molecule has 0 aromatic heterocycles. The average Bonchev–Trinajstić information content (AvgIpc) is 2.37. The predicted molar refractivity (Wildman–Crippen MR) is 71.1 cm³/mol. The second-order valence-corrected chi connectivity index (χ2v) is 5.16. The highest BCUT2D eigenvalue weighted by molar-refractivity contribution is 9.09. The third-order valence-corrected chi connectivity index (χ3v) is 3.49. The van der Waals surface area contributed by atoms with Crippen molar-refractivity contribution < 1.29 is 9.59 Å². The third kappa shape index (κ3) is 6.05. The molecule has 0 unspecified atom stereocenters. The van der Waals surface area contributed by atoms with Crippen molar-refractivity contribution in [3.05, 3.63) is 0 Å². The van der Waals surface area contributed by atoms with E-state index in [-0.39, 0.29) is 18.4 Å². The van der Waals surface area contributed by atoms with E-state index in [1.54, 1.807) is 0 Å². The molecule has 1 aliphatic rings. The van der Waals surface area contributed by atoms with Crippen LogP contribution in [0.4, 0.5) is 0 Å². The molecule has 0 spiro atoms. The Morgan fingerprint density at radius 1 is 1.12 bits per heavy atom. The minimum absolute atomic E-state index is 0.0173. The first-order valence-electron chi connectivity index (χ1n) is 6.34. The topological polar surface area (TPSA) is 49.4 Å². The summed E-state index contributed by atoms with van der Waals surface area (Å²) in [5, 5.41) is 3.62. The average molecular weight is 305 g/mol. The van der Waals surface area contributed by atoms with Crippen LogP contribution < -0.4 is 5.32 Å². The van der Waals surface area contributed by atoms with Gasteiger partial charge in [-0.15, -0.1) is 0 Å². The summed E-state index contributed by atoms with van der Waals surface area (Å²) in [6.07, 6.45) is 5.76. The molecule has 1 rings (SSSR count). The zero-order valence-electron chi connectivity index (χ0n) is 10.2. The van der Waals surface area contributed by atoms with Crippen LogP contribution in [0.5, 0.6) is 0 Å². The van der Waals surface area contributed by atoms with Crippen LogP contribution in [0.1, 0.15) is 38.5 Å². The lowest BCUT2D eigenvalue weighted by Crippen LogP contribution is -2.42. The van der Waals surface area contributed by atoms with Crippen LogP contribution in [0.15, 0.2) is 0 Å². The molecule has 0 aromatic rings. The largest absolute Gasteiger partial charge is 0.347 e. The molecule has 4 nitrogen and oxygen atoms in total. The van der Waals surface area contributed by atoms with Crippen molar-refractivity contribution in [1.29, 1.82) is 0 Å². The number of nitrogens with zero attached hydrogens (tertiary/aromatic N) is 1. The van der Waals surface area contributed by atoms with Gasteiger partial charge in [0.15, 0.2) is 0 Å². The highest BCUT2D eigenvalue weighted by Crippen LogP contribution is 2.08. The lowest BCUT2D eigenvalue weighted by Gasteiger charge is -2.26. The molecule has 2 amide bonds. The van der Waals surface area contributed by atoms with Crippen molar-refractivity contribution in [2.45, 2.75) is 38.5 Å². The first-order valence-corrected chi connectivity index (χ1v) is 7.46. The fraction of sp³-hybridized carbons (Fsp3) is 0.833. The first-order chi connectivity index (χ1) is 8.24. The molecule has 1 N–H and O–H groups in total. The number of piperidine rings is 1. The van der Waals surface area contributed by atoms with Crippen molar-refractivity contribution in [3.8, 4) is 0 Å².